The number of carbonyl (C=O) groups excluding carboxylic acids is 1. The summed E-state index contributed by atoms with van der Waals surface area (Å²) in [7, 11) is 0. The fourth-order valence-electron chi connectivity index (χ4n) is 1.68. The molecule has 0 atom stereocenters. The summed E-state index contributed by atoms with van der Waals surface area (Å²) in [4.78, 5) is 20.4. The number of aryl methyl sites for hydroxylation is 1. The van der Waals surface area contributed by atoms with Crippen molar-refractivity contribution < 1.29 is 9.53 Å². The number of esters is 1. The third-order valence-corrected chi connectivity index (χ3v) is 3.51. The lowest BCUT2D eigenvalue weighted by molar-refractivity contribution is 0.0734. The molecule has 0 radical (unpaired) electrons. The highest BCUT2D eigenvalue weighted by molar-refractivity contribution is 7.99. The Labute approximate surface area is 131 Å². The van der Waals surface area contributed by atoms with Crippen LogP contribution in [-0.4, -0.2) is 26.1 Å². The molecule has 0 aliphatic heterocycles. The highest BCUT2D eigenvalue weighted by Gasteiger charge is 2.10. The Kier molecular flexibility index (Phi) is 4.15. The summed E-state index contributed by atoms with van der Waals surface area (Å²) in [6.07, 6.45) is 1.48. The van der Waals surface area contributed by atoms with Gasteiger partial charge in [0.1, 0.15) is 16.6 Å². The van der Waals surface area contributed by atoms with Crippen molar-refractivity contribution in [1.29, 1.82) is 0 Å². The number of hydrogen-bond acceptors (Lipinski definition) is 6. The topological polar surface area (TPSA) is 80.8 Å². The van der Waals surface area contributed by atoms with Crippen LogP contribution in [0.5, 0.6) is 5.75 Å². The van der Waals surface area contributed by atoms with Crippen LogP contribution in [0.15, 0.2) is 58.8 Å². The Balaban J connectivity index is 1.67. The van der Waals surface area contributed by atoms with E-state index in [1.165, 1.54) is 18.0 Å². The van der Waals surface area contributed by atoms with Crippen molar-refractivity contribution in [3.05, 3.63) is 60.0 Å². The van der Waals surface area contributed by atoms with E-state index in [1.807, 2.05) is 13.0 Å². The van der Waals surface area contributed by atoms with E-state index in [2.05, 4.69) is 20.2 Å². The fourth-order valence-corrected chi connectivity index (χ4v) is 2.38. The molecule has 0 spiro atoms. The number of nitrogens with one attached hydrogen (secondary N) is 1. The van der Waals surface area contributed by atoms with Crippen molar-refractivity contribution >= 4 is 17.7 Å². The lowest BCUT2D eigenvalue weighted by Crippen LogP contribution is -2.08. The smallest absolute Gasteiger partial charge is 0.345 e. The van der Waals surface area contributed by atoms with Gasteiger partial charge in [0.05, 0.1) is 5.56 Å². The Hall–Kier alpha value is -2.67. The monoisotopic (exact) mass is 312 g/mol. The van der Waals surface area contributed by atoms with Crippen LogP contribution in [0.3, 0.4) is 0 Å². The molecule has 2 aromatic heterocycles. The van der Waals surface area contributed by atoms with Gasteiger partial charge < -0.3 is 4.74 Å². The summed E-state index contributed by atoms with van der Waals surface area (Å²) >= 11 is 1.32. The first-order valence-electron chi connectivity index (χ1n) is 6.51. The van der Waals surface area contributed by atoms with Gasteiger partial charge in [-0.25, -0.2) is 14.8 Å². The molecule has 2 heterocycles. The van der Waals surface area contributed by atoms with E-state index in [-0.39, 0.29) is 0 Å². The van der Waals surface area contributed by atoms with Crippen molar-refractivity contribution in [2.45, 2.75) is 17.1 Å². The number of ether oxygens (including phenoxy) is 1. The second-order valence-electron chi connectivity index (χ2n) is 4.39. The minimum atomic E-state index is -0.441. The van der Waals surface area contributed by atoms with Gasteiger partial charge in [-0.3, -0.25) is 5.10 Å². The Morgan fingerprint density at radius 1 is 1.18 bits per heavy atom. The highest BCUT2D eigenvalue weighted by Crippen LogP contribution is 2.22. The molecule has 0 amide bonds. The predicted octanol–water partition coefficient (Wildman–Crippen LogP) is 2.88. The van der Waals surface area contributed by atoms with E-state index >= 15 is 0 Å². The van der Waals surface area contributed by atoms with Crippen LogP contribution in [0, 0.1) is 6.92 Å². The number of H-pyrrole nitrogens is 1. The van der Waals surface area contributed by atoms with Crippen molar-refractivity contribution in [2.75, 3.05) is 0 Å². The van der Waals surface area contributed by atoms with Crippen molar-refractivity contribution in [3.8, 4) is 5.75 Å². The average molecular weight is 312 g/mol. The molecule has 0 aliphatic carbocycles. The summed E-state index contributed by atoms with van der Waals surface area (Å²) < 4.78 is 5.25. The van der Waals surface area contributed by atoms with Gasteiger partial charge in [0, 0.05) is 6.20 Å². The van der Waals surface area contributed by atoms with Crippen LogP contribution in [0.25, 0.3) is 0 Å². The second-order valence-corrected chi connectivity index (χ2v) is 5.38. The number of pyridine rings is 1. The summed E-state index contributed by atoms with van der Waals surface area (Å²) in [6.45, 7) is 1.83. The molecule has 0 fully saturated rings. The van der Waals surface area contributed by atoms with E-state index in [1.54, 1.807) is 36.4 Å². The van der Waals surface area contributed by atoms with Gasteiger partial charge in [-0.05, 0) is 43.0 Å². The number of aromatic amines is 1. The quantitative estimate of drug-likeness (QED) is 0.589. The third kappa shape index (κ3) is 3.50. The molecular formula is C15H12N4O2S. The summed E-state index contributed by atoms with van der Waals surface area (Å²) in [5.41, 5.74) is 0.388. The molecule has 1 N–H and O–H groups in total. The average Bonchev–Trinajstić information content (AvgIpc) is 2.94. The maximum atomic E-state index is 12.0. The van der Waals surface area contributed by atoms with Crippen molar-refractivity contribution in [2.24, 2.45) is 0 Å². The SMILES string of the molecule is Cc1nc(Sc2ccc(C(=O)Oc3ccccc3)cn2)n[nH]1. The van der Waals surface area contributed by atoms with E-state index in [0.717, 1.165) is 5.82 Å². The minimum Gasteiger partial charge on any atom is -0.423 e. The summed E-state index contributed by atoms with van der Waals surface area (Å²) in [5.74, 6) is 0.802. The number of para-hydroxylation sites is 1. The molecule has 6 nitrogen and oxygen atoms in total. The van der Waals surface area contributed by atoms with Gasteiger partial charge in [0.2, 0.25) is 5.16 Å². The van der Waals surface area contributed by atoms with Crippen LogP contribution in [-0.2, 0) is 0 Å². The Morgan fingerprint density at radius 3 is 2.64 bits per heavy atom. The molecular weight excluding hydrogens is 300 g/mol. The van der Waals surface area contributed by atoms with Crippen LogP contribution < -0.4 is 4.74 Å². The third-order valence-electron chi connectivity index (χ3n) is 2.70. The maximum absolute atomic E-state index is 12.0. The lowest BCUT2D eigenvalue weighted by atomic mass is 10.3. The molecule has 7 heteroatoms. The number of benzene rings is 1. The fraction of sp³-hybridized carbons (Fsp3) is 0.0667. The molecule has 0 unspecified atom stereocenters. The molecule has 0 saturated carbocycles. The van der Waals surface area contributed by atoms with E-state index in [4.69, 9.17) is 4.74 Å². The maximum Gasteiger partial charge on any atom is 0.345 e. The van der Waals surface area contributed by atoms with Gasteiger partial charge in [-0.2, -0.15) is 0 Å². The zero-order valence-corrected chi connectivity index (χ0v) is 12.5. The predicted molar refractivity (Wildman–Crippen MR) is 80.9 cm³/mol. The van der Waals surface area contributed by atoms with Crippen LogP contribution >= 0.6 is 11.8 Å². The Morgan fingerprint density at radius 2 is 2.00 bits per heavy atom. The standard InChI is InChI=1S/C15H12N4O2S/c1-10-17-15(19-18-10)22-13-8-7-11(9-16-13)14(20)21-12-5-3-2-4-6-12/h2-9H,1H3,(H,17,18,19). The van der Waals surface area contributed by atoms with E-state index in [9.17, 15) is 4.79 Å². The van der Waals surface area contributed by atoms with Crippen molar-refractivity contribution in [1.82, 2.24) is 20.2 Å². The first kappa shape index (κ1) is 14.3. The first-order chi connectivity index (χ1) is 10.7. The Bertz CT molecular complexity index is 772. The number of nitrogens with zero attached hydrogens (tertiary/aromatic N) is 3. The van der Waals surface area contributed by atoms with Crippen LogP contribution in [0.2, 0.25) is 0 Å². The number of rotatable bonds is 4. The van der Waals surface area contributed by atoms with Crippen LogP contribution in [0.4, 0.5) is 0 Å². The van der Waals surface area contributed by atoms with Crippen LogP contribution in [0.1, 0.15) is 16.2 Å². The second kappa shape index (κ2) is 6.40. The van der Waals surface area contributed by atoms with E-state index < -0.39 is 5.97 Å². The zero-order valence-electron chi connectivity index (χ0n) is 11.7. The summed E-state index contributed by atoms with van der Waals surface area (Å²) in [6, 6.07) is 12.3. The molecule has 1 aromatic carbocycles. The minimum absolute atomic E-state index is 0.388. The zero-order chi connectivity index (χ0) is 15.4. The number of aromatic nitrogens is 4. The lowest BCUT2D eigenvalue weighted by Gasteiger charge is -2.04. The molecule has 3 aromatic rings. The van der Waals surface area contributed by atoms with Gasteiger partial charge >= 0.3 is 5.97 Å². The molecule has 110 valence electrons. The van der Waals surface area contributed by atoms with E-state index in [0.29, 0.717) is 21.5 Å². The number of carbonyl (C=O) groups is 1. The number of hydrogen-bond donors (Lipinski definition) is 1. The normalized spacial score (nSPS) is 10.4. The molecule has 0 saturated heterocycles. The molecule has 0 bridgehead atoms. The highest BCUT2D eigenvalue weighted by atomic mass is 32.2. The molecule has 3 rings (SSSR count). The van der Waals surface area contributed by atoms with Gasteiger partial charge in [-0.1, -0.05) is 18.2 Å². The van der Waals surface area contributed by atoms with Gasteiger partial charge in [-0.15, -0.1) is 5.10 Å². The largest absolute Gasteiger partial charge is 0.423 e. The van der Waals surface area contributed by atoms with Gasteiger partial charge in [0.15, 0.2) is 0 Å². The molecule has 22 heavy (non-hydrogen) atoms. The van der Waals surface area contributed by atoms with Crippen molar-refractivity contribution in [3.63, 3.8) is 0 Å². The summed E-state index contributed by atoms with van der Waals surface area (Å²) in [5, 5.41) is 8.07. The molecule has 0 aliphatic rings. The first-order valence-corrected chi connectivity index (χ1v) is 7.32. The van der Waals surface area contributed by atoms with Gasteiger partial charge in [0.25, 0.3) is 0 Å².